The first-order valence-electron chi connectivity index (χ1n) is 4.15. The van der Waals surface area contributed by atoms with Crippen molar-refractivity contribution in [3.8, 4) is 0 Å². The number of aromatic carboxylic acids is 1. The zero-order valence-corrected chi connectivity index (χ0v) is 7.95. The van der Waals surface area contributed by atoms with Gasteiger partial charge in [0.15, 0.2) is 5.69 Å². The molecule has 0 spiro atoms. The van der Waals surface area contributed by atoms with Gasteiger partial charge in [-0.3, -0.25) is 0 Å². The maximum absolute atomic E-state index is 10.7. The summed E-state index contributed by atoms with van der Waals surface area (Å²) in [5, 5.41) is 8.70. The van der Waals surface area contributed by atoms with Gasteiger partial charge in [0.2, 0.25) is 0 Å². The summed E-state index contributed by atoms with van der Waals surface area (Å²) in [6.45, 7) is 0. The van der Waals surface area contributed by atoms with E-state index in [4.69, 9.17) is 22.4 Å². The second kappa shape index (κ2) is 5.07. The minimum absolute atomic E-state index is 0. The molecule has 7 heteroatoms. The fraction of sp³-hybridized carbons (Fsp3) is 0.375. The van der Waals surface area contributed by atoms with Gasteiger partial charge in [0.05, 0.1) is 0 Å². The standard InChI is InChI=1S/C8H8ClN3O2.K.H/c9-4-5(8(13)14)11-7(3-1-2-3)12-6(4)10;;/h3H,1-2H2,(H,13,14)(H2,10,11,12);;. The van der Waals surface area contributed by atoms with Crippen molar-refractivity contribution in [2.24, 2.45) is 0 Å². The van der Waals surface area contributed by atoms with Crippen molar-refractivity contribution in [3.63, 3.8) is 0 Å². The molecule has 76 valence electrons. The van der Waals surface area contributed by atoms with Crippen LogP contribution in [-0.2, 0) is 0 Å². The number of hydrogen-bond donors (Lipinski definition) is 2. The molecule has 1 aliphatic rings. The molecular formula is C8H9ClKN3O2. The van der Waals surface area contributed by atoms with Gasteiger partial charge in [-0.15, -0.1) is 0 Å². The number of rotatable bonds is 2. The molecule has 2 rings (SSSR count). The summed E-state index contributed by atoms with van der Waals surface area (Å²) in [6, 6.07) is 0. The average Bonchev–Trinajstić information content (AvgIpc) is 2.91. The summed E-state index contributed by atoms with van der Waals surface area (Å²) < 4.78 is 0. The molecule has 1 fully saturated rings. The summed E-state index contributed by atoms with van der Waals surface area (Å²) >= 11 is 5.65. The molecule has 1 saturated carbocycles. The van der Waals surface area contributed by atoms with E-state index in [1.165, 1.54) is 0 Å². The number of anilines is 1. The zero-order chi connectivity index (χ0) is 10.3. The van der Waals surface area contributed by atoms with E-state index in [1.54, 1.807) is 0 Å². The van der Waals surface area contributed by atoms with E-state index in [1.807, 2.05) is 0 Å². The van der Waals surface area contributed by atoms with E-state index in [0.29, 0.717) is 5.82 Å². The van der Waals surface area contributed by atoms with Crippen LogP contribution in [0.3, 0.4) is 0 Å². The van der Waals surface area contributed by atoms with Crippen LogP contribution in [0.15, 0.2) is 0 Å². The third-order valence-corrected chi connectivity index (χ3v) is 2.41. The van der Waals surface area contributed by atoms with Crippen molar-refractivity contribution in [1.29, 1.82) is 0 Å². The monoisotopic (exact) mass is 253 g/mol. The molecule has 0 radical (unpaired) electrons. The SMILES string of the molecule is Nc1nc(C2CC2)nc(C(=O)O)c1Cl.[KH]. The van der Waals surface area contributed by atoms with Gasteiger partial charge in [-0.1, -0.05) is 11.6 Å². The van der Waals surface area contributed by atoms with Crippen molar-refractivity contribution in [2.45, 2.75) is 18.8 Å². The fourth-order valence-corrected chi connectivity index (χ4v) is 1.31. The molecular weight excluding hydrogens is 245 g/mol. The molecule has 1 aromatic rings. The topological polar surface area (TPSA) is 89.1 Å². The first-order chi connectivity index (χ1) is 6.59. The van der Waals surface area contributed by atoms with Gasteiger partial charge in [-0.25, -0.2) is 14.8 Å². The second-order valence-corrected chi connectivity index (χ2v) is 3.59. The maximum atomic E-state index is 10.7. The van der Waals surface area contributed by atoms with Crippen molar-refractivity contribution < 1.29 is 9.90 Å². The summed E-state index contributed by atoms with van der Waals surface area (Å²) in [7, 11) is 0. The van der Waals surface area contributed by atoms with Gasteiger partial charge in [0, 0.05) is 5.92 Å². The van der Waals surface area contributed by atoms with Crippen LogP contribution in [0.1, 0.15) is 35.1 Å². The van der Waals surface area contributed by atoms with Crippen LogP contribution in [-0.4, -0.2) is 72.4 Å². The summed E-state index contributed by atoms with van der Waals surface area (Å²) in [4.78, 5) is 18.6. The van der Waals surface area contributed by atoms with E-state index in [0.717, 1.165) is 12.8 Å². The predicted molar refractivity (Wildman–Crippen MR) is 57.5 cm³/mol. The van der Waals surface area contributed by atoms with E-state index in [-0.39, 0.29) is 73.8 Å². The van der Waals surface area contributed by atoms with Crippen LogP contribution in [0.4, 0.5) is 5.82 Å². The molecule has 1 aromatic heterocycles. The molecule has 0 amide bonds. The van der Waals surface area contributed by atoms with Crippen LogP contribution >= 0.6 is 11.6 Å². The quantitative estimate of drug-likeness (QED) is 0.755. The number of aromatic nitrogens is 2. The number of halogens is 1. The molecule has 0 saturated heterocycles. The van der Waals surface area contributed by atoms with Crippen molar-refractivity contribution in [2.75, 3.05) is 5.73 Å². The first-order valence-corrected chi connectivity index (χ1v) is 4.53. The van der Waals surface area contributed by atoms with Crippen LogP contribution in [0.5, 0.6) is 0 Å². The van der Waals surface area contributed by atoms with Gasteiger partial charge >= 0.3 is 57.4 Å². The van der Waals surface area contributed by atoms with Gasteiger partial charge in [-0.2, -0.15) is 0 Å². The molecule has 1 aliphatic carbocycles. The summed E-state index contributed by atoms with van der Waals surface area (Å²) in [5.41, 5.74) is 5.27. The van der Waals surface area contributed by atoms with E-state index >= 15 is 0 Å². The van der Waals surface area contributed by atoms with E-state index in [2.05, 4.69) is 9.97 Å². The minimum atomic E-state index is -1.17. The number of nitrogens with zero attached hydrogens (tertiary/aromatic N) is 2. The Kier molecular flexibility index (Phi) is 4.51. The van der Waals surface area contributed by atoms with Crippen molar-refractivity contribution in [1.82, 2.24) is 9.97 Å². The van der Waals surface area contributed by atoms with Gasteiger partial charge in [0.25, 0.3) is 0 Å². The number of hydrogen-bond acceptors (Lipinski definition) is 4. The Morgan fingerprint density at radius 3 is 2.53 bits per heavy atom. The number of carboxylic acid groups (broad SMARTS) is 1. The summed E-state index contributed by atoms with van der Waals surface area (Å²) in [6.07, 6.45) is 1.97. The Labute approximate surface area is 134 Å². The number of carbonyl (C=O) groups is 1. The number of carboxylic acids is 1. The fourth-order valence-electron chi connectivity index (χ4n) is 1.15. The Bertz CT molecular complexity index is 409. The van der Waals surface area contributed by atoms with Crippen molar-refractivity contribution >= 4 is 74.8 Å². The molecule has 15 heavy (non-hydrogen) atoms. The first kappa shape index (κ1) is 13.3. The van der Waals surface area contributed by atoms with Gasteiger partial charge in [0.1, 0.15) is 16.7 Å². The van der Waals surface area contributed by atoms with E-state index < -0.39 is 5.97 Å². The number of nitrogens with two attached hydrogens (primary N) is 1. The van der Waals surface area contributed by atoms with Gasteiger partial charge in [-0.05, 0) is 12.8 Å². The molecule has 0 bridgehead atoms. The normalized spacial score (nSPS) is 14.5. The van der Waals surface area contributed by atoms with Crippen LogP contribution in [0.25, 0.3) is 0 Å². The Balaban J connectivity index is 0.00000112. The molecule has 3 N–H and O–H groups in total. The van der Waals surface area contributed by atoms with E-state index in [9.17, 15) is 4.79 Å². The second-order valence-electron chi connectivity index (χ2n) is 3.21. The molecule has 0 atom stereocenters. The predicted octanol–water partition coefficient (Wildman–Crippen LogP) is 0.639. The van der Waals surface area contributed by atoms with Crippen LogP contribution in [0.2, 0.25) is 5.02 Å². The Morgan fingerprint density at radius 1 is 1.47 bits per heavy atom. The average molecular weight is 254 g/mol. The molecule has 1 heterocycles. The number of nitrogen functional groups attached to an aromatic ring is 1. The van der Waals surface area contributed by atoms with Crippen LogP contribution in [0, 0.1) is 0 Å². The molecule has 0 aliphatic heterocycles. The van der Waals surface area contributed by atoms with Crippen LogP contribution < -0.4 is 5.73 Å². The Morgan fingerprint density at radius 2 is 2.07 bits per heavy atom. The molecule has 5 nitrogen and oxygen atoms in total. The molecule has 0 aromatic carbocycles. The van der Waals surface area contributed by atoms with Crippen molar-refractivity contribution in [3.05, 3.63) is 16.5 Å². The third kappa shape index (κ3) is 2.89. The summed E-state index contributed by atoms with van der Waals surface area (Å²) in [5.74, 6) is -0.385. The molecule has 0 unspecified atom stereocenters. The van der Waals surface area contributed by atoms with Gasteiger partial charge < -0.3 is 10.8 Å². The zero-order valence-electron chi connectivity index (χ0n) is 7.20. The third-order valence-electron chi connectivity index (χ3n) is 2.04. The Hall–Kier alpha value is 0.276.